The van der Waals surface area contributed by atoms with Crippen LogP contribution in [0.15, 0.2) is 59.0 Å². The number of carboxylic acid groups (broad SMARTS) is 1. The number of carbonyl (C=O) groups is 2. The molecular formula is C20H16FN3O4S. The Balaban J connectivity index is 1.57. The summed E-state index contributed by atoms with van der Waals surface area (Å²) >= 11 is 1.36. The number of aromatic nitrogens is 1. The monoisotopic (exact) mass is 413 g/mol. The van der Waals surface area contributed by atoms with Gasteiger partial charge in [0.25, 0.3) is 0 Å². The standard InChI is InChI=1S/C20H16FN3O4S/c21-15-7-5-13(6-8-15)20-23-16(12-29-20)9-18(25)24-22-10-14-3-1-2-4-17(14)28-11-19(26)27/h1-8,10,12H,9,11H2,(H,24,25)(H,26,27)/b22-10-. The average molecular weight is 413 g/mol. The summed E-state index contributed by atoms with van der Waals surface area (Å²) in [5.74, 6) is -1.43. The highest BCUT2D eigenvalue weighted by atomic mass is 32.1. The van der Waals surface area contributed by atoms with Crippen molar-refractivity contribution in [2.24, 2.45) is 5.10 Å². The van der Waals surface area contributed by atoms with Crippen molar-refractivity contribution in [3.8, 4) is 16.3 Å². The van der Waals surface area contributed by atoms with Gasteiger partial charge < -0.3 is 9.84 Å². The minimum Gasteiger partial charge on any atom is -0.481 e. The molecule has 3 aromatic rings. The fourth-order valence-electron chi connectivity index (χ4n) is 2.35. The number of nitrogens with zero attached hydrogens (tertiary/aromatic N) is 2. The van der Waals surface area contributed by atoms with Crippen molar-refractivity contribution in [1.82, 2.24) is 10.4 Å². The van der Waals surface area contributed by atoms with Gasteiger partial charge in [-0.3, -0.25) is 4.79 Å². The molecular weight excluding hydrogens is 397 g/mol. The molecule has 0 unspecified atom stereocenters. The lowest BCUT2D eigenvalue weighted by atomic mass is 10.2. The molecule has 3 rings (SSSR count). The number of carboxylic acids is 1. The molecule has 9 heteroatoms. The maximum absolute atomic E-state index is 13.0. The zero-order valence-corrected chi connectivity index (χ0v) is 15.9. The van der Waals surface area contributed by atoms with Crippen LogP contribution in [-0.4, -0.2) is 34.8 Å². The molecule has 1 amide bonds. The number of benzene rings is 2. The summed E-state index contributed by atoms with van der Waals surface area (Å²) < 4.78 is 18.2. The van der Waals surface area contributed by atoms with Crippen molar-refractivity contribution in [3.63, 3.8) is 0 Å². The van der Waals surface area contributed by atoms with Crippen LogP contribution in [0.3, 0.4) is 0 Å². The normalized spacial score (nSPS) is 10.8. The van der Waals surface area contributed by atoms with Crippen LogP contribution in [0.25, 0.3) is 10.6 Å². The van der Waals surface area contributed by atoms with Crippen LogP contribution in [0.1, 0.15) is 11.3 Å². The molecule has 1 heterocycles. The molecule has 0 radical (unpaired) electrons. The molecule has 0 aliphatic rings. The number of hydrogen-bond acceptors (Lipinski definition) is 6. The highest BCUT2D eigenvalue weighted by Crippen LogP contribution is 2.24. The Bertz CT molecular complexity index is 1030. The van der Waals surface area contributed by atoms with E-state index in [9.17, 15) is 14.0 Å². The molecule has 148 valence electrons. The molecule has 29 heavy (non-hydrogen) atoms. The van der Waals surface area contributed by atoms with E-state index in [0.29, 0.717) is 22.0 Å². The molecule has 2 aromatic carbocycles. The number of nitrogens with one attached hydrogen (secondary N) is 1. The third-order valence-electron chi connectivity index (χ3n) is 3.65. The van der Waals surface area contributed by atoms with Gasteiger partial charge in [-0.2, -0.15) is 5.10 Å². The quantitative estimate of drug-likeness (QED) is 0.437. The summed E-state index contributed by atoms with van der Waals surface area (Å²) in [6.45, 7) is -0.475. The molecule has 1 aromatic heterocycles. The maximum Gasteiger partial charge on any atom is 0.341 e. The summed E-state index contributed by atoms with van der Waals surface area (Å²) in [7, 11) is 0. The molecule has 0 saturated heterocycles. The summed E-state index contributed by atoms with van der Waals surface area (Å²) in [4.78, 5) is 27.1. The molecule has 2 N–H and O–H groups in total. The SMILES string of the molecule is O=C(O)COc1ccccc1/C=N\NC(=O)Cc1csc(-c2ccc(F)cc2)n1. The number of halogens is 1. The lowest BCUT2D eigenvalue weighted by Gasteiger charge is -2.06. The number of amides is 1. The predicted octanol–water partition coefficient (Wildman–Crippen LogP) is 3.11. The second kappa shape index (κ2) is 9.56. The van der Waals surface area contributed by atoms with E-state index in [1.807, 2.05) is 0 Å². The van der Waals surface area contributed by atoms with E-state index < -0.39 is 12.6 Å². The molecule has 0 saturated carbocycles. The Morgan fingerprint density at radius 1 is 1.21 bits per heavy atom. The van der Waals surface area contributed by atoms with E-state index in [1.165, 1.54) is 29.7 Å². The largest absolute Gasteiger partial charge is 0.481 e. The van der Waals surface area contributed by atoms with Gasteiger partial charge in [0.2, 0.25) is 5.91 Å². The van der Waals surface area contributed by atoms with Crippen molar-refractivity contribution < 1.29 is 23.8 Å². The predicted molar refractivity (Wildman–Crippen MR) is 107 cm³/mol. The van der Waals surface area contributed by atoms with E-state index >= 15 is 0 Å². The Labute approximate surface area is 169 Å². The van der Waals surface area contributed by atoms with Crippen LogP contribution < -0.4 is 10.2 Å². The number of hydrazone groups is 1. The van der Waals surface area contributed by atoms with Gasteiger partial charge in [0.05, 0.1) is 18.3 Å². The summed E-state index contributed by atoms with van der Waals surface area (Å²) in [6, 6.07) is 12.7. The van der Waals surface area contributed by atoms with Crippen molar-refractivity contribution in [2.75, 3.05) is 6.61 Å². The Morgan fingerprint density at radius 2 is 1.97 bits per heavy atom. The van der Waals surface area contributed by atoms with Crippen LogP contribution in [0, 0.1) is 5.82 Å². The lowest BCUT2D eigenvalue weighted by molar-refractivity contribution is -0.139. The zero-order valence-electron chi connectivity index (χ0n) is 15.0. The number of rotatable bonds is 8. The zero-order chi connectivity index (χ0) is 20.6. The summed E-state index contributed by atoms with van der Waals surface area (Å²) in [5.41, 5.74) is 4.28. The van der Waals surface area contributed by atoms with E-state index in [-0.39, 0.29) is 18.1 Å². The Hall–Kier alpha value is -3.59. The minimum absolute atomic E-state index is 0.0339. The van der Waals surface area contributed by atoms with Gasteiger partial charge in [0.1, 0.15) is 16.6 Å². The van der Waals surface area contributed by atoms with E-state index in [4.69, 9.17) is 9.84 Å². The topological polar surface area (TPSA) is 101 Å². The van der Waals surface area contributed by atoms with Crippen molar-refractivity contribution in [1.29, 1.82) is 0 Å². The van der Waals surface area contributed by atoms with Crippen molar-refractivity contribution in [2.45, 2.75) is 6.42 Å². The highest BCUT2D eigenvalue weighted by Gasteiger charge is 2.09. The molecule has 0 aliphatic heterocycles. The maximum atomic E-state index is 13.0. The van der Waals surface area contributed by atoms with Gasteiger partial charge in [0.15, 0.2) is 6.61 Å². The lowest BCUT2D eigenvalue weighted by Crippen LogP contribution is -2.20. The van der Waals surface area contributed by atoms with Crippen LogP contribution in [0.2, 0.25) is 0 Å². The average Bonchev–Trinajstić information content (AvgIpc) is 3.16. The fourth-order valence-corrected chi connectivity index (χ4v) is 3.18. The van der Waals surface area contributed by atoms with Gasteiger partial charge in [-0.05, 0) is 36.4 Å². The second-order valence-corrected chi connectivity index (χ2v) is 6.70. The first kappa shape index (κ1) is 20.2. The smallest absolute Gasteiger partial charge is 0.341 e. The number of carbonyl (C=O) groups excluding carboxylic acids is 1. The van der Waals surface area contributed by atoms with Crippen LogP contribution in [0.4, 0.5) is 4.39 Å². The first-order valence-electron chi connectivity index (χ1n) is 8.47. The van der Waals surface area contributed by atoms with Crippen molar-refractivity contribution >= 4 is 29.4 Å². The number of para-hydroxylation sites is 1. The van der Waals surface area contributed by atoms with E-state index in [1.54, 1.807) is 41.8 Å². The summed E-state index contributed by atoms with van der Waals surface area (Å²) in [6.07, 6.45) is 1.41. The molecule has 0 spiro atoms. The van der Waals surface area contributed by atoms with Gasteiger partial charge in [-0.25, -0.2) is 19.6 Å². The molecule has 0 atom stereocenters. The second-order valence-electron chi connectivity index (χ2n) is 5.84. The van der Waals surface area contributed by atoms with Crippen LogP contribution >= 0.6 is 11.3 Å². The van der Waals surface area contributed by atoms with Crippen molar-refractivity contribution in [3.05, 3.63) is 71.0 Å². The third kappa shape index (κ3) is 5.94. The fraction of sp³-hybridized carbons (Fsp3) is 0.100. The third-order valence-corrected chi connectivity index (χ3v) is 4.59. The minimum atomic E-state index is -1.09. The van der Waals surface area contributed by atoms with Crippen LogP contribution in [0.5, 0.6) is 5.75 Å². The number of hydrogen-bond donors (Lipinski definition) is 2. The van der Waals surface area contributed by atoms with Gasteiger partial charge in [-0.1, -0.05) is 12.1 Å². The first-order valence-corrected chi connectivity index (χ1v) is 9.35. The Kier molecular flexibility index (Phi) is 6.64. The number of aliphatic carboxylic acids is 1. The first-order chi connectivity index (χ1) is 14.0. The van der Waals surface area contributed by atoms with E-state index in [2.05, 4.69) is 15.5 Å². The number of ether oxygens (including phenoxy) is 1. The van der Waals surface area contributed by atoms with Crippen LogP contribution in [-0.2, 0) is 16.0 Å². The Morgan fingerprint density at radius 3 is 2.72 bits per heavy atom. The summed E-state index contributed by atoms with van der Waals surface area (Å²) in [5, 5.41) is 15.0. The molecule has 0 fully saturated rings. The van der Waals surface area contributed by atoms with Gasteiger partial charge in [0, 0.05) is 16.5 Å². The van der Waals surface area contributed by atoms with E-state index in [0.717, 1.165) is 5.56 Å². The molecule has 0 aliphatic carbocycles. The van der Waals surface area contributed by atoms with Gasteiger partial charge >= 0.3 is 5.97 Å². The number of thiazole rings is 1. The molecule has 0 bridgehead atoms. The molecule has 7 nitrogen and oxygen atoms in total. The van der Waals surface area contributed by atoms with Gasteiger partial charge in [-0.15, -0.1) is 11.3 Å². The highest BCUT2D eigenvalue weighted by molar-refractivity contribution is 7.13.